The van der Waals surface area contributed by atoms with Gasteiger partial charge in [0.1, 0.15) is 5.75 Å². The SMILES string of the molecule is CCOC(=O)c1cc(OCC)ccc1C1CC1. The van der Waals surface area contributed by atoms with E-state index in [1.54, 1.807) is 6.07 Å². The molecule has 1 aliphatic carbocycles. The van der Waals surface area contributed by atoms with Gasteiger partial charge in [0.25, 0.3) is 0 Å². The van der Waals surface area contributed by atoms with Crippen molar-refractivity contribution in [3.8, 4) is 5.75 Å². The summed E-state index contributed by atoms with van der Waals surface area (Å²) in [5.74, 6) is 1.03. The molecule has 0 unspecified atom stereocenters. The van der Waals surface area contributed by atoms with Crippen LogP contribution in [0.3, 0.4) is 0 Å². The highest BCUT2D eigenvalue weighted by atomic mass is 16.5. The number of benzene rings is 1. The largest absolute Gasteiger partial charge is 0.494 e. The van der Waals surface area contributed by atoms with Gasteiger partial charge in [0.2, 0.25) is 0 Å². The van der Waals surface area contributed by atoms with Crippen LogP contribution < -0.4 is 4.74 Å². The summed E-state index contributed by atoms with van der Waals surface area (Å²) in [6.07, 6.45) is 2.33. The zero-order valence-electron chi connectivity index (χ0n) is 10.4. The monoisotopic (exact) mass is 234 g/mol. The Labute approximate surface area is 102 Å². The summed E-state index contributed by atoms with van der Waals surface area (Å²) < 4.78 is 10.5. The fourth-order valence-electron chi connectivity index (χ4n) is 1.93. The van der Waals surface area contributed by atoms with Gasteiger partial charge in [-0.1, -0.05) is 6.07 Å². The van der Waals surface area contributed by atoms with E-state index in [2.05, 4.69) is 0 Å². The maximum Gasteiger partial charge on any atom is 0.338 e. The minimum atomic E-state index is -0.240. The molecule has 1 aromatic rings. The number of hydrogen-bond acceptors (Lipinski definition) is 3. The standard InChI is InChI=1S/C14H18O3/c1-3-16-11-7-8-12(10-5-6-10)13(9-11)14(15)17-4-2/h7-10H,3-6H2,1-2H3. The summed E-state index contributed by atoms with van der Waals surface area (Å²) in [6.45, 7) is 4.76. The van der Waals surface area contributed by atoms with Crippen molar-refractivity contribution in [2.24, 2.45) is 0 Å². The van der Waals surface area contributed by atoms with Gasteiger partial charge in [-0.3, -0.25) is 0 Å². The highest BCUT2D eigenvalue weighted by Crippen LogP contribution is 2.42. The van der Waals surface area contributed by atoms with Crippen molar-refractivity contribution in [2.45, 2.75) is 32.6 Å². The molecule has 17 heavy (non-hydrogen) atoms. The van der Waals surface area contributed by atoms with Crippen LogP contribution in [0.2, 0.25) is 0 Å². The first-order valence-electron chi connectivity index (χ1n) is 6.20. The van der Waals surface area contributed by atoms with Crippen LogP contribution in [0.25, 0.3) is 0 Å². The predicted molar refractivity (Wildman–Crippen MR) is 65.5 cm³/mol. The molecule has 0 heterocycles. The first-order chi connectivity index (χ1) is 8.26. The maximum atomic E-state index is 11.9. The molecule has 2 rings (SSSR count). The number of rotatable bonds is 5. The van der Waals surface area contributed by atoms with Crippen molar-refractivity contribution in [1.29, 1.82) is 0 Å². The Bertz CT molecular complexity index is 408. The normalized spacial score (nSPS) is 14.5. The van der Waals surface area contributed by atoms with Crippen molar-refractivity contribution in [3.05, 3.63) is 29.3 Å². The van der Waals surface area contributed by atoms with Gasteiger partial charge in [0.15, 0.2) is 0 Å². The molecule has 0 aliphatic heterocycles. The number of carbonyl (C=O) groups is 1. The molecule has 0 saturated heterocycles. The van der Waals surface area contributed by atoms with Gasteiger partial charge in [-0.15, -0.1) is 0 Å². The first kappa shape index (κ1) is 12.0. The summed E-state index contributed by atoms with van der Waals surface area (Å²) in [4.78, 5) is 11.9. The molecular weight excluding hydrogens is 216 g/mol. The molecule has 1 aliphatic rings. The maximum absolute atomic E-state index is 11.9. The van der Waals surface area contributed by atoms with E-state index in [0.29, 0.717) is 24.7 Å². The van der Waals surface area contributed by atoms with E-state index in [4.69, 9.17) is 9.47 Å². The van der Waals surface area contributed by atoms with Gasteiger partial charge in [-0.05, 0) is 50.3 Å². The van der Waals surface area contributed by atoms with Crippen LogP contribution in [0.15, 0.2) is 18.2 Å². The van der Waals surface area contributed by atoms with E-state index in [-0.39, 0.29) is 5.97 Å². The number of ether oxygens (including phenoxy) is 2. The highest BCUT2D eigenvalue weighted by Gasteiger charge is 2.28. The second-order valence-electron chi connectivity index (χ2n) is 4.18. The molecule has 0 aromatic heterocycles. The van der Waals surface area contributed by atoms with Crippen LogP contribution in [0, 0.1) is 0 Å². The molecule has 1 aromatic carbocycles. The third kappa shape index (κ3) is 2.78. The van der Waals surface area contributed by atoms with E-state index in [0.717, 1.165) is 11.3 Å². The molecule has 3 heteroatoms. The topological polar surface area (TPSA) is 35.5 Å². The Kier molecular flexibility index (Phi) is 3.67. The second-order valence-corrected chi connectivity index (χ2v) is 4.18. The van der Waals surface area contributed by atoms with Crippen molar-refractivity contribution in [2.75, 3.05) is 13.2 Å². The van der Waals surface area contributed by atoms with E-state index < -0.39 is 0 Å². The molecule has 0 bridgehead atoms. The molecule has 0 N–H and O–H groups in total. The van der Waals surface area contributed by atoms with Gasteiger partial charge in [-0.2, -0.15) is 0 Å². The zero-order chi connectivity index (χ0) is 12.3. The van der Waals surface area contributed by atoms with Crippen LogP contribution in [-0.4, -0.2) is 19.2 Å². The fourth-order valence-corrected chi connectivity index (χ4v) is 1.93. The van der Waals surface area contributed by atoms with E-state index in [1.165, 1.54) is 12.8 Å². The van der Waals surface area contributed by atoms with E-state index >= 15 is 0 Å². The Balaban J connectivity index is 2.29. The molecular formula is C14H18O3. The van der Waals surface area contributed by atoms with Gasteiger partial charge < -0.3 is 9.47 Å². The van der Waals surface area contributed by atoms with Crippen LogP contribution >= 0.6 is 0 Å². The number of carbonyl (C=O) groups excluding carboxylic acids is 1. The average molecular weight is 234 g/mol. The summed E-state index contributed by atoms with van der Waals surface area (Å²) in [5.41, 5.74) is 1.77. The quantitative estimate of drug-likeness (QED) is 0.734. The summed E-state index contributed by atoms with van der Waals surface area (Å²) in [7, 11) is 0. The minimum Gasteiger partial charge on any atom is -0.494 e. The molecule has 92 valence electrons. The molecule has 1 fully saturated rings. The Morgan fingerprint density at radius 1 is 1.29 bits per heavy atom. The summed E-state index contributed by atoms with van der Waals surface area (Å²) >= 11 is 0. The highest BCUT2D eigenvalue weighted by molar-refractivity contribution is 5.92. The molecule has 1 saturated carbocycles. The van der Waals surface area contributed by atoms with Crippen molar-refractivity contribution in [1.82, 2.24) is 0 Å². The number of hydrogen-bond donors (Lipinski definition) is 0. The Hall–Kier alpha value is -1.51. The van der Waals surface area contributed by atoms with E-state index in [1.807, 2.05) is 26.0 Å². The van der Waals surface area contributed by atoms with Crippen molar-refractivity contribution in [3.63, 3.8) is 0 Å². The Morgan fingerprint density at radius 2 is 2.06 bits per heavy atom. The smallest absolute Gasteiger partial charge is 0.338 e. The lowest BCUT2D eigenvalue weighted by atomic mass is 10.0. The molecule has 0 atom stereocenters. The lowest BCUT2D eigenvalue weighted by molar-refractivity contribution is 0.0524. The molecule has 3 nitrogen and oxygen atoms in total. The zero-order valence-corrected chi connectivity index (χ0v) is 10.4. The fraction of sp³-hybridized carbons (Fsp3) is 0.500. The summed E-state index contributed by atoms with van der Waals surface area (Å²) in [6, 6.07) is 5.73. The third-order valence-corrected chi connectivity index (χ3v) is 2.85. The third-order valence-electron chi connectivity index (χ3n) is 2.85. The van der Waals surface area contributed by atoms with Crippen molar-refractivity contribution < 1.29 is 14.3 Å². The Morgan fingerprint density at radius 3 is 2.65 bits per heavy atom. The van der Waals surface area contributed by atoms with Crippen LogP contribution in [0.1, 0.15) is 48.5 Å². The lowest BCUT2D eigenvalue weighted by Crippen LogP contribution is -2.08. The minimum absolute atomic E-state index is 0.240. The van der Waals surface area contributed by atoms with Crippen LogP contribution in [-0.2, 0) is 4.74 Å². The number of esters is 1. The molecule has 0 radical (unpaired) electrons. The van der Waals surface area contributed by atoms with Crippen molar-refractivity contribution >= 4 is 5.97 Å². The van der Waals surface area contributed by atoms with Crippen LogP contribution in [0.5, 0.6) is 5.75 Å². The van der Waals surface area contributed by atoms with Gasteiger partial charge in [0.05, 0.1) is 18.8 Å². The van der Waals surface area contributed by atoms with Crippen LogP contribution in [0.4, 0.5) is 0 Å². The van der Waals surface area contributed by atoms with Gasteiger partial charge in [-0.25, -0.2) is 4.79 Å². The first-order valence-corrected chi connectivity index (χ1v) is 6.20. The lowest BCUT2D eigenvalue weighted by Gasteiger charge is -2.10. The van der Waals surface area contributed by atoms with Gasteiger partial charge >= 0.3 is 5.97 Å². The average Bonchev–Trinajstić information content (AvgIpc) is 3.14. The summed E-state index contributed by atoms with van der Waals surface area (Å²) in [5, 5.41) is 0. The van der Waals surface area contributed by atoms with E-state index in [9.17, 15) is 4.79 Å². The second kappa shape index (κ2) is 5.21. The predicted octanol–water partition coefficient (Wildman–Crippen LogP) is 3.14. The molecule has 0 amide bonds. The van der Waals surface area contributed by atoms with Gasteiger partial charge in [0, 0.05) is 0 Å². The molecule has 0 spiro atoms.